The van der Waals surface area contributed by atoms with E-state index in [0.29, 0.717) is 19.0 Å². The van der Waals surface area contributed by atoms with Crippen LogP contribution < -0.4 is 21.0 Å². The van der Waals surface area contributed by atoms with E-state index in [2.05, 4.69) is 24.8 Å². The van der Waals surface area contributed by atoms with E-state index in [1.165, 1.54) is 24.4 Å². The molecule has 0 radical (unpaired) electrons. The normalized spacial score (nSPS) is 14.2. The van der Waals surface area contributed by atoms with Crippen molar-refractivity contribution >= 4 is 22.8 Å². The van der Waals surface area contributed by atoms with Gasteiger partial charge in [0.25, 0.3) is 5.56 Å². The van der Waals surface area contributed by atoms with Crippen LogP contribution >= 0.6 is 0 Å². The molecule has 0 amide bonds. The molecule has 1 fully saturated rings. The number of anilines is 2. The Morgan fingerprint density at radius 2 is 1.74 bits per heavy atom. The maximum Gasteiger partial charge on any atom is 0.334 e. The quantitative estimate of drug-likeness (QED) is 0.535. The first-order valence-corrected chi connectivity index (χ1v) is 9.79. The molecule has 10 heteroatoms. The molecule has 1 N–H and O–H groups in total. The van der Waals surface area contributed by atoms with Crippen molar-refractivity contribution in [2.75, 3.05) is 36.0 Å². The zero-order chi connectivity index (χ0) is 21.4. The van der Waals surface area contributed by atoms with Crippen molar-refractivity contribution in [3.63, 3.8) is 0 Å². The number of benzene rings is 1. The number of rotatable bonds is 3. The second-order valence-electron chi connectivity index (χ2n) is 7.14. The number of halogens is 1. The molecule has 3 aromatic heterocycles. The van der Waals surface area contributed by atoms with Crippen LogP contribution in [0, 0.1) is 5.82 Å². The fourth-order valence-electron chi connectivity index (χ4n) is 3.67. The van der Waals surface area contributed by atoms with Crippen LogP contribution in [0.25, 0.3) is 16.7 Å². The first-order valence-electron chi connectivity index (χ1n) is 9.79. The molecular weight excluding hydrogens is 401 g/mol. The van der Waals surface area contributed by atoms with Gasteiger partial charge in [0.1, 0.15) is 17.0 Å². The number of piperazine rings is 1. The molecule has 4 heterocycles. The van der Waals surface area contributed by atoms with Crippen LogP contribution in [0.3, 0.4) is 0 Å². The van der Waals surface area contributed by atoms with E-state index < -0.39 is 17.1 Å². The number of aromatic nitrogens is 5. The molecule has 0 atom stereocenters. The van der Waals surface area contributed by atoms with Gasteiger partial charge in [-0.25, -0.2) is 23.7 Å². The Morgan fingerprint density at radius 1 is 0.935 bits per heavy atom. The van der Waals surface area contributed by atoms with Crippen molar-refractivity contribution < 1.29 is 4.39 Å². The summed E-state index contributed by atoms with van der Waals surface area (Å²) in [7, 11) is 0. The summed E-state index contributed by atoms with van der Waals surface area (Å²) < 4.78 is 14.4. The molecule has 31 heavy (non-hydrogen) atoms. The van der Waals surface area contributed by atoms with Crippen molar-refractivity contribution in [3.8, 4) is 5.69 Å². The predicted molar refractivity (Wildman–Crippen MR) is 114 cm³/mol. The second-order valence-corrected chi connectivity index (χ2v) is 7.14. The number of hydrogen-bond acceptors (Lipinski definition) is 7. The topological polar surface area (TPSA) is 100 Å². The van der Waals surface area contributed by atoms with Crippen LogP contribution in [0.15, 0.2) is 64.4 Å². The number of hydrogen-bond donors (Lipinski definition) is 1. The molecule has 1 aliphatic heterocycles. The van der Waals surface area contributed by atoms with Crippen molar-refractivity contribution in [1.82, 2.24) is 24.5 Å². The summed E-state index contributed by atoms with van der Waals surface area (Å²) in [6, 6.07) is 11.1. The Labute approximate surface area is 175 Å². The zero-order valence-corrected chi connectivity index (χ0v) is 16.4. The molecule has 0 spiro atoms. The maximum absolute atomic E-state index is 13.6. The molecular formula is C21H18FN7O2. The van der Waals surface area contributed by atoms with E-state index in [4.69, 9.17) is 0 Å². The Bertz CT molecular complexity index is 1360. The van der Waals surface area contributed by atoms with Gasteiger partial charge in [0.2, 0.25) is 5.95 Å². The van der Waals surface area contributed by atoms with Gasteiger partial charge in [0, 0.05) is 38.6 Å². The fraction of sp³-hybridized carbons (Fsp3) is 0.190. The van der Waals surface area contributed by atoms with E-state index in [-0.39, 0.29) is 16.7 Å². The van der Waals surface area contributed by atoms with E-state index in [0.717, 1.165) is 29.5 Å². The third-order valence-corrected chi connectivity index (χ3v) is 5.24. The van der Waals surface area contributed by atoms with E-state index in [1.807, 2.05) is 23.1 Å². The van der Waals surface area contributed by atoms with E-state index in [9.17, 15) is 14.0 Å². The first-order chi connectivity index (χ1) is 15.1. The monoisotopic (exact) mass is 419 g/mol. The average Bonchev–Trinajstić information content (AvgIpc) is 2.79. The number of aromatic amines is 1. The smallest absolute Gasteiger partial charge is 0.334 e. The van der Waals surface area contributed by atoms with E-state index in [1.54, 1.807) is 6.20 Å². The molecule has 1 aliphatic rings. The summed E-state index contributed by atoms with van der Waals surface area (Å²) in [6.07, 6.45) is 3.16. The first kappa shape index (κ1) is 18.9. The molecule has 0 aliphatic carbocycles. The molecule has 1 aromatic carbocycles. The van der Waals surface area contributed by atoms with Gasteiger partial charge in [-0.3, -0.25) is 9.78 Å². The van der Waals surface area contributed by atoms with Gasteiger partial charge in [0.15, 0.2) is 5.65 Å². The van der Waals surface area contributed by atoms with Gasteiger partial charge in [0.05, 0.1) is 5.69 Å². The lowest BCUT2D eigenvalue weighted by Gasteiger charge is -2.35. The summed E-state index contributed by atoms with van der Waals surface area (Å²) in [4.78, 5) is 45.3. The van der Waals surface area contributed by atoms with E-state index >= 15 is 0 Å². The Hall–Kier alpha value is -4.08. The standard InChI is InChI=1S/C21H18FN7O2/c22-14-4-3-5-15(12-14)29-19(30)16-13-24-20(25-18(16)26-21(29)31)28-10-8-27(9-11-28)17-6-1-2-7-23-17/h1-7,12-13H,8-11H2,(H,24,25,26,31). The summed E-state index contributed by atoms with van der Waals surface area (Å²) in [5, 5.41) is 0.153. The maximum atomic E-state index is 13.6. The lowest BCUT2D eigenvalue weighted by atomic mass is 10.3. The minimum atomic E-state index is -0.687. The van der Waals surface area contributed by atoms with Crippen molar-refractivity contribution in [2.45, 2.75) is 0 Å². The van der Waals surface area contributed by atoms with Crippen molar-refractivity contribution in [3.05, 3.63) is 81.5 Å². The molecule has 156 valence electrons. The second kappa shape index (κ2) is 7.63. The largest absolute Gasteiger partial charge is 0.353 e. The highest BCUT2D eigenvalue weighted by Crippen LogP contribution is 2.17. The summed E-state index contributed by atoms with van der Waals surface area (Å²) in [5.74, 6) is 0.816. The average molecular weight is 419 g/mol. The highest BCUT2D eigenvalue weighted by atomic mass is 19.1. The number of fused-ring (bicyclic) bond motifs is 1. The molecule has 0 unspecified atom stereocenters. The van der Waals surface area contributed by atoms with Crippen LogP contribution in [0.2, 0.25) is 0 Å². The van der Waals surface area contributed by atoms with Crippen molar-refractivity contribution in [2.24, 2.45) is 0 Å². The number of nitrogens with one attached hydrogen (secondary N) is 1. The van der Waals surface area contributed by atoms with Crippen LogP contribution in [0.5, 0.6) is 0 Å². The zero-order valence-electron chi connectivity index (χ0n) is 16.4. The molecule has 5 rings (SSSR count). The highest BCUT2D eigenvalue weighted by molar-refractivity contribution is 5.73. The molecule has 0 saturated carbocycles. The van der Waals surface area contributed by atoms with Gasteiger partial charge in [-0.05, 0) is 30.3 Å². The molecule has 0 bridgehead atoms. The Morgan fingerprint density at radius 3 is 2.48 bits per heavy atom. The summed E-state index contributed by atoms with van der Waals surface area (Å²) in [5.41, 5.74) is -0.994. The minimum absolute atomic E-state index is 0.142. The summed E-state index contributed by atoms with van der Waals surface area (Å²) in [6.45, 7) is 2.84. The molecule has 1 saturated heterocycles. The molecule has 9 nitrogen and oxygen atoms in total. The van der Waals surface area contributed by atoms with Gasteiger partial charge >= 0.3 is 5.69 Å². The number of pyridine rings is 1. The van der Waals surface area contributed by atoms with Gasteiger partial charge in [-0.15, -0.1) is 0 Å². The minimum Gasteiger partial charge on any atom is -0.353 e. The van der Waals surface area contributed by atoms with Crippen LogP contribution in [-0.4, -0.2) is 50.7 Å². The number of H-pyrrole nitrogens is 1. The van der Waals surface area contributed by atoms with Crippen LogP contribution in [-0.2, 0) is 0 Å². The third-order valence-electron chi connectivity index (χ3n) is 5.24. The predicted octanol–water partition coefficient (Wildman–Crippen LogP) is 1.33. The lowest BCUT2D eigenvalue weighted by Crippen LogP contribution is -2.47. The van der Waals surface area contributed by atoms with Crippen LogP contribution in [0.1, 0.15) is 0 Å². The SMILES string of the molecule is O=c1[nH]c2nc(N3CCN(c4ccccn4)CC3)ncc2c(=O)n1-c1cccc(F)c1. The van der Waals surface area contributed by atoms with Crippen LogP contribution in [0.4, 0.5) is 16.2 Å². The highest BCUT2D eigenvalue weighted by Gasteiger charge is 2.21. The number of nitrogens with zero attached hydrogens (tertiary/aromatic N) is 6. The van der Waals surface area contributed by atoms with Gasteiger partial charge in [-0.1, -0.05) is 12.1 Å². The third kappa shape index (κ3) is 3.52. The van der Waals surface area contributed by atoms with Gasteiger partial charge in [-0.2, -0.15) is 4.98 Å². The lowest BCUT2D eigenvalue weighted by molar-refractivity contribution is 0.626. The molecule has 4 aromatic rings. The van der Waals surface area contributed by atoms with Gasteiger partial charge < -0.3 is 9.80 Å². The fourth-order valence-corrected chi connectivity index (χ4v) is 3.67. The van der Waals surface area contributed by atoms with Crippen molar-refractivity contribution in [1.29, 1.82) is 0 Å². The summed E-state index contributed by atoms with van der Waals surface area (Å²) >= 11 is 0. The Kier molecular flexibility index (Phi) is 4.66. The Balaban J connectivity index is 1.44.